The zero-order chi connectivity index (χ0) is 12.1. The summed E-state index contributed by atoms with van der Waals surface area (Å²) in [5.41, 5.74) is 3.23. The number of carbonyl (C=O) groups is 1. The number of carbonyl (C=O) groups excluding carboxylic acids is 1. The van der Waals surface area contributed by atoms with Gasteiger partial charge >= 0.3 is 0 Å². The molecule has 0 aliphatic carbocycles. The topological polar surface area (TPSA) is 17.1 Å². The van der Waals surface area contributed by atoms with E-state index in [1.807, 2.05) is 42.5 Å². The van der Waals surface area contributed by atoms with Crippen molar-refractivity contribution >= 4 is 22.9 Å². The predicted molar refractivity (Wildman–Crippen MR) is 71.8 cm³/mol. The van der Waals surface area contributed by atoms with Crippen molar-refractivity contribution in [2.45, 2.75) is 0 Å². The van der Waals surface area contributed by atoms with Crippen molar-refractivity contribution in [1.29, 1.82) is 0 Å². The lowest BCUT2D eigenvalue weighted by Crippen LogP contribution is -1.80. The fourth-order valence-corrected chi connectivity index (χ4v) is 1.68. The Morgan fingerprint density at radius 3 is 2.35 bits per heavy atom. The Labute approximate surface area is 105 Å². The van der Waals surface area contributed by atoms with Gasteiger partial charge in [0.15, 0.2) is 0 Å². The Bertz CT molecular complexity index is 544. The molecular formula is C15H11ClO. The van der Waals surface area contributed by atoms with Gasteiger partial charge in [-0.25, -0.2) is 0 Å². The van der Waals surface area contributed by atoms with Crippen molar-refractivity contribution in [2.24, 2.45) is 0 Å². The molecule has 0 heterocycles. The molecule has 2 aromatic carbocycles. The second-order valence-corrected chi connectivity index (χ2v) is 4.00. The number of halogens is 1. The van der Waals surface area contributed by atoms with E-state index in [-0.39, 0.29) is 0 Å². The number of hydrogen-bond acceptors (Lipinski definition) is 1. The molecule has 0 fully saturated rings. The van der Waals surface area contributed by atoms with Gasteiger partial charge in [0.05, 0.1) is 0 Å². The van der Waals surface area contributed by atoms with E-state index in [4.69, 9.17) is 11.6 Å². The summed E-state index contributed by atoms with van der Waals surface area (Å²) in [6.45, 7) is 0. The molecule has 0 aliphatic rings. The summed E-state index contributed by atoms with van der Waals surface area (Å²) in [6, 6.07) is 18.0. The van der Waals surface area contributed by atoms with Crippen molar-refractivity contribution in [3.05, 3.63) is 66.2 Å². The van der Waals surface area contributed by atoms with Gasteiger partial charge in [-0.2, -0.15) is 0 Å². The third-order valence-electron chi connectivity index (χ3n) is 2.40. The van der Waals surface area contributed by atoms with Gasteiger partial charge in [0.25, 0.3) is 0 Å². The minimum Gasteiger partial charge on any atom is -0.276 e. The van der Waals surface area contributed by atoms with Crippen LogP contribution in [0.1, 0.15) is 5.56 Å². The van der Waals surface area contributed by atoms with E-state index in [1.54, 1.807) is 6.08 Å². The molecule has 84 valence electrons. The number of hydrogen-bond donors (Lipinski definition) is 0. The second kappa shape index (κ2) is 5.46. The summed E-state index contributed by atoms with van der Waals surface area (Å²) >= 11 is 5.26. The molecule has 0 atom stereocenters. The quantitative estimate of drug-likeness (QED) is 0.584. The zero-order valence-corrected chi connectivity index (χ0v) is 9.89. The van der Waals surface area contributed by atoms with Crippen molar-refractivity contribution in [1.82, 2.24) is 0 Å². The first-order chi connectivity index (χ1) is 8.25. The molecule has 0 aromatic heterocycles. The summed E-state index contributed by atoms with van der Waals surface area (Å²) in [6.07, 6.45) is 3.06. The molecule has 0 radical (unpaired) electrons. The number of rotatable bonds is 3. The summed E-state index contributed by atoms with van der Waals surface area (Å²) in [5, 5.41) is -0.463. The largest absolute Gasteiger partial charge is 0.276 e. The Morgan fingerprint density at radius 2 is 1.65 bits per heavy atom. The van der Waals surface area contributed by atoms with Crippen LogP contribution in [0.15, 0.2) is 60.7 Å². The van der Waals surface area contributed by atoms with Gasteiger partial charge in [-0.3, -0.25) is 4.79 Å². The standard InChI is InChI=1S/C15H11ClO/c16-15(17)10-9-12-5-4-8-14(11-12)13-6-2-1-3-7-13/h1-11H. The molecule has 0 amide bonds. The molecule has 0 saturated heterocycles. The SMILES string of the molecule is O=C(Cl)C=Cc1cccc(-c2ccccc2)c1. The van der Waals surface area contributed by atoms with Crippen LogP contribution < -0.4 is 0 Å². The number of allylic oxidation sites excluding steroid dienone is 1. The second-order valence-electron chi connectivity index (χ2n) is 3.63. The fourth-order valence-electron chi connectivity index (χ4n) is 1.61. The lowest BCUT2D eigenvalue weighted by molar-refractivity contribution is -0.107. The summed E-state index contributed by atoms with van der Waals surface area (Å²) < 4.78 is 0. The fraction of sp³-hybridized carbons (Fsp3) is 0. The highest BCUT2D eigenvalue weighted by molar-refractivity contribution is 6.66. The van der Waals surface area contributed by atoms with Crippen LogP contribution in [0, 0.1) is 0 Å². The van der Waals surface area contributed by atoms with Crippen molar-refractivity contribution < 1.29 is 4.79 Å². The first kappa shape index (κ1) is 11.6. The van der Waals surface area contributed by atoms with E-state index in [9.17, 15) is 4.79 Å². The molecular weight excluding hydrogens is 232 g/mol. The van der Waals surface area contributed by atoms with Gasteiger partial charge < -0.3 is 0 Å². The maximum Gasteiger partial charge on any atom is 0.245 e. The third kappa shape index (κ3) is 3.30. The van der Waals surface area contributed by atoms with Crippen LogP contribution in [0.5, 0.6) is 0 Å². The van der Waals surface area contributed by atoms with Crippen LogP contribution in [0.4, 0.5) is 0 Å². The van der Waals surface area contributed by atoms with Gasteiger partial charge in [-0.15, -0.1) is 0 Å². The first-order valence-electron chi connectivity index (χ1n) is 5.29. The highest BCUT2D eigenvalue weighted by Crippen LogP contribution is 2.20. The molecule has 2 heteroatoms. The first-order valence-corrected chi connectivity index (χ1v) is 5.66. The minimum atomic E-state index is -0.463. The van der Waals surface area contributed by atoms with Crippen LogP contribution in [-0.4, -0.2) is 5.24 Å². The minimum absolute atomic E-state index is 0.463. The Hall–Kier alpha value is -1.86. The van der Waals surface area contributed by atoms with Crippen LogP contribution in [0.2, 0.25) is 0 Å². The van der Waals surface area contributed by atoms with Crippen LogP contribution in [0.25, 0.3) is 17.2 Å². The molecule has 1 nitrogen and oxygen atoms in total. The van der Waals surface area contributed by atoms with Gasteiger partial charge in [0.2, 0.25) is 5.24 Å². The summed E-state index contributed by atoms with van der Waals surface area (Å²) in [5.74, 6) is 0. The molecule has 0 aliphatic heterocycles. The number of benzene rings is 2. The van der Waals surface area contributed by atoms with Gasteiger partial charge in [-0.1, -0.05) is 54.6 Å². The van der Waals surface area contributed by atoms with Crippen molar-refractivity contribution in [3.8, 4) is 11.1 Å². The van der Waals surface area contributed by atoms with E-state index in [0.717, 1.165) is 16.7 Å². The van der Waals surface area contributed by atoms with E-state index in [0.29, 0.717) is 0 Å². The zero-order valence-electron chi connectivity index (χ0n) is 9.14. The summed E-state index contributed by atoms with van der Waals surface area (Å²) in [4.78, 5) is 10.7. The monoisotopic (exact) mass is 242 g/mol. The normalized spacial score (nSPS) is 10.6. The van der Waals surface area contributed by atoms with Crippen LogP contribution in [0.3, 0.4) is 0 Å². The van der Waals surface area contributed by atoms with Crippen LogP contribution in [-0.2, 0) is 4.79 Å². The molecule has 0 N–H and O–H groups in total. The molecule has 0 saturated carbocycles. The van der Waals surface area contributed by atoms with E-state index < -0.39 is 5.24 Å². The van der Waals surface area contributed by atoms with Gasteiger partial charge in [-0.05, 0) is 40.4 Å². The van der Waals surface area contributed by atoms with Crippen molar-refractivity contribution in [2.75, 3.05) is 0 Å². The molecule has 2 rings (SSSR count). The van der Waals surface area contributed by atoms with E-state index in [1.165, 1.54) is 6.08 Å². The third-order valence-corrected chi connectivity index (χ3v) is 2.53. The Balaban J connectivity index is 2.32. The van der Waals surface area contributed by atoms with E-state index in [2.05, 4.69) is 12.1 Å². The average molecular weight is 243 g/mol. The highest BCUT2D eigenvalue weighted by Gasteiger charge is 1.96. The highest BCUT2D eigenvalue weighted by atomic mass is 35.5. The van der Waals surface area contributed by atoms with Gasteiger partial charge in [0, 0.05) is 0 Å². The Morgan fingerprint density at radius 1 is 0.941 bits per heavy atom. The molecule has 17 heavy (non-hydrogen) atoms. The molecule has 0 spiro atoms. The maximum absolute atomic E-state index is 10.7. The smallest absolute Gasteiger partial charge is 0.245 e. The maximum atomic E-state index is 10.7. The molecule has 0 bridgehead atoms. The van der Waals surface area contributed by atoms with E-state index >= 15 is 0 Å². The van der Waals surface area contributed by atoms with Gasteiger partial charge in [0.1, 0.15) is 0 Å². The average Bonchev–Trinajstić information content (AvgIpc) is 2.38. The lowest BCUT2D eigenvalue weighted by Gasteiger charge is -2.02. The lowest BCUT2D eigenvalue weighted by atomic mass is 10.0. The molecule has 0 unspecified atom stereocenters. The van der Waals surface area contributed by atoms with Crippen LogP contribution >= 0.6 is 11.6 Å². The van der Waals surface area contributed by atoms with Crippen molar-refractivity contribution in [3.63, 3.8) is 0 Å². The summed E-state index contributed by atoms with van der Waals surface area (Å²) in [7, 11) is 0. The molecule has 2 aromatic rings. The predicted octanol–water partition coefficient (Wildman–Crippen LogP) is 4.13. The Kier molecular flexibility index (Phi) is 3.73.